The third-order valence-electron chi connectivity index (χ3n) is 6.98. The second kappa shape index (κ2) is 8.20. The summed E-state index contributed by atoms with van der Waals surface area (Å²) in [5, 5.41) is 12.6. The van der Waals surface area contributed by atoms with Crippen molar-refractivity contribution in [1.29, 1.82) is 0 Å². The fourth-order valence-electron chi connectivity index (χ4n) is 4.98. The zero-order valence-corrected chi connectivity index (χ0v) is 19.1. The van der Waals surface area contributed by atoms with Gasteiger partial charge in [-0.05, 0) is 55.2 Å². The van der Waals surface area contributed by atoms with Crippen molar-refractivity contribution >= 4 is 22.7 Å². The van der Waals surface area contributed by atoms with E-state index < -0.39 is 5.97 Å². The second-order valence-electron chi connectivity index (χ2n) is 9.34. The van der Waals surface area contributed by atoms with E-state index in [9.17, 15) is 4.79 Å². The van der Waals surface area contributed by atoms with E-state index >= 15 is 0 Å². The fraction of sp³-hybridized carbons (Fsp3) is 0.286. The average Bonchev–Trinajstić information content (AvgIpc) is 3.51. The van der Waals surface area contributed by atoms with Crippen LogP contribution < -0.4 is 10.1 Å². The SMILES string of the molecule is Cc1c(CNc2ccc3c(c2)OC[C@H]3CC(=O)O)cccc1-n1c(C2CC2)nc2ccccc21. The highest BCUT2D eigenvalue weighted by molar-refractivity contribution is 5.79. The van der Waals surface area contributed by atoms with Gasteiger partial charge in [-0.2, -0.15) is 0 Å². The molecule has 1 aliphatic heterocycles. The number of aliphatic carboxylic acids is 1. The van der Waals surface area contributed by atoms with Crippen LogP contribution >= 0.6 is 0 Å². The van der Waals surface area contributed by atoms with Gasteiger partial charge in [0.2, 0.25) is 0 Å². The molecule has 6 nitrogen and oxygen atoms in total. The van der Waals surface area contributed by atoms with Crippen LogP contribution in [0.1, 0.15) is 53.6 Å². The second-order valence-corrected chi connectivity index (χ2v) is 9.34. The van der Waals surface area contributed by atoms with E-state index in [1.165, 1.54) is 35.5 Å². The molecule has 1 aromatic heterocycles. The summed E-state index contributed by atoms with van der Waals surface area (Å²) >= 11 is 0. The largest absolute Gasteiger partial charge is 0.493 e. The van der Waals surface area contributed by atoms with E-state index in [2.05, 4.69) is 53.2 Å². The van der Waals surface area contributed by atoms with Crippen LogP contribution in [-0.2, 0) is 11.3 Å². The molecule has 0 saturated heterocycles. The zero-order valence-electron chi connectivity index (χ0n) is 19.1. The molecule has 1 atom stereocenters. The summed E-state index contributed by atoms with van der Waals surface area (Å²) in [6.45, 7) is 3.29. The van der Waals surface area contributed by atoms with Gasteiger partial charge in [0.15, 0.2) is 0 Å². The Morgan fingerprint density at radius 1 is 1.15 bits per heavy atom. The summed E-state index contributed by atoms with van der Waals surface area (Å²) in [7, 11) is 0. The molecule has 4 aromatic rings. The number of aromatic nitrogens is 2. The number of carbonyl (C=O) groups is 1. The summed E-state index contributed by atoms with van der Waals surface area (Å²) in [5.41, 5.74) is 7.79. The van der Waals surface area contributed by atoms with Gasteiger partial charge in [-0.1, -0.05) is 30.3 Å². The molecule has 0 unspecified atom stereocenters. The van der Waals surface area contributed by atoms with E-state index in [-0.39, 0.29) is 12.3 Å². The third kappa shape index (κ3) is 3.69. The van der Waals surface area contributed by atoms with Crippen molar-refractivity contribution in [2.24, 2.45) is 0 Å². The quantitative estimate of drug-likeness (QED) is 0.371. The maximum atomic E-state index is 11.1. The van der Waals surface area contributed by atoms with Crippen LogP contribution in [-0.4, -0.2) is 27.2 Å². The molecule has 0 bridgehead atoms. The van der Waals surface area contributed by atoms with Crippen molar-refractivity contribution < 1.29 is 14.6 Å². The van der Waals surface area contributed by atoms with Gasteiger partial charge in [-0.15, -0.1) is 0 Å². The van der Waals surface area contributed by atoms with E-state index in [1.54, 1.807) is 0 Å². The highest BCUT2D eigenvalue weighted by Crippen LogP contribution is 2.42. The summed E-state index contributed by atoms with van der Waals surface area (Å²) in [5.74, 6) is 1.62. The molecule has 2 N–H and O–H groups in total. The highest BCUT2D eigenvalue weighted by Gasteiger charge is 2.30. The van der Waals surface area contributed by atoms with Crippen LogP contribution in [0, 0.1) is 6.92 Å². The molecule has 0 amide bonds. The minimum absolute atomic E-state index is 0.0776. The van der Waals surface area contributed by atoms with Gasteiger partial charge in [0, 0.05) is 35.7 Å². The maximum absolute atomic E-state index is 11.1. The number of anilines is 1. The van der Waals surface area contributed by atoms with Crippen LogP contribution in [0.25, 0.3) is 16.7 Å². The lowest BCUT2D eigenvalue weighted by Gasteiger charge is -2.16. The van der Waals surface area contributed by atoms with Crippen LogP contribution in [0.5, 0.6) is 5.75 Å². The van der Waals surface area contributed by atoms with Gasteiger partial charge in [-0.3, -0.25) is 9.36 Å². The molecule has 6 heteroatoms. The molecule has 6 rings (SSSR count). The first-order valence-corrected chi connectivity index (χ1v) is 11.9. The molecule has 0 radical (unpaired) electrons. The summed E-state index contributed by atoms with van der Waals surface area (Å²) in [4.78, 5) is 16.1. The smallest absolute Gasteiger partial charge is 0.304 e. The van der Waals surface area contributed by atoms with Crippen LogP contribution in [0.4, 0.5) is 5.69 Å². The Morgan fingerprint density at radius 3 is 2.82 bits per heavy atom. The molecule has 172 valence electrons. The van der Waals surface area contributed by atoms with Crippen molar-refractivity contribution in [2.75, 3.05) is 11.9 Å². The first kappa shape index (κ1) is 20.8. The minimum atomic E-state index is -0.797. The van der Waals surface area contributed by atoms with E-state index in [0.717, 1.165) is 28.0 Å². The Bertz CT molecular complexity index is 1400. The number of fused-ring (bicyclic) bond motifs is 2. The monoisotopic (exact) mass is 453 g/mol. The topological polar surface area (TPSA) is 76.4 Å². The normalized spacial score (nSPS) is 16.9. The number of ether oxygens (including phenoxy) is 1. The minimum Gasteiger partial charge on any atom is -0.493 e. The lowest BCUT2D eigenvalue weighted by atomic mass is 9.98. The number of para-hydroxylation sites is 2. The Morgan fingerprint density at radius 2 is 2.00 bits per heavy atom. The maximum Gasteiger partial charge on any atom is 0.304 e. The molecule has 2 aliphatic rings. The Kier molecular flexibility index (Phi) is 5.01. The molecule has 1 saturated carbocycles. The van der Waals surface area contributed by atoms with E-state index in [0.29, 0.717) is 19.1 Å². The number of rotatable bonds is 7. The number of nitrogens with zero attached hydrogens (tertiary/aromatic N) is 2. The fourth-order valence-corrected chi connectivity index (χ4v) is 4.98. The molecule has 3 aromatic carbocycles. The van der Waals surface area contributed by atoms with Crippen molar-refractivity contribution in [3.05, 3.63) is 83.2 Å². The van der Waals surface area contributed by atoms with Gasteiger partial charge < -0.3 is 15.2 Å². The molecule has 1 aliphatic carbocycles. The number of imidazole rings is 1. The van der Waals surface area contributed by atoms with Gasteiger partial charge in [0.1, 0.15) is 11.6 Å². The Labute approximate surface area is 198 Å². The number of hydrogen-bond donors (Lipinski definition) is 2. The first-order valence-electron chi connectivity index (χ1n) is 11.9. The molecule has 0 spiro atoms. The van der Waals surface area contributed by atoms with Gasteiger partial charge >= 0.3 is 5.97 Å². The third-order valence-corrected chi connectivity index (χ3v) is 6.98. The predicted molar refractivity (Wildman–Crippen MR) is 132 cm³/mol. The summed E-state index contributed by atoms with van der Waals surface area (Å²) in [6.07, 6.45) is 2.51. The van der Waals surface area contributed by atoms with Crippen LogP contribution in [0.15, 0.2) is 60.7 Å². The summed E-state index contributed by atoms with van der Waals surface area (Å²) < 4.78 is 8.11. The Hall–Kier alpha value is -3.80. The van der Waals surface area contributed by atoms with Gasteiger partial charge in [0.05, 0.1) is 29.7 Å². The standard InChI is InChI=1S/C28H27N3O3/c1-17-19(15-29-21-11-12-22-20(13-27(32)33)16-34-26(22)14-21)5-4-8-24(17)31-25-7-3-2-6-23(25)30-28(31)18-9-10-18/h2-8,11-12,14,18,20,29H,9-10,13,15-16H2,1H3,(H,32,33)/t20-/m1/s1. The van der Waals surface area contributed by atoms with Gasteiger partial charge in [-0.25, -0.2) is 4.98 Å². The number of carboxylic acid groups (broad SMARTS) is 1. The zero-order chi connectivity index (χ0) is 23.2. The average molecular weight is 454 g/mol. The number of nitrogens with one attached hydrogen (secondary N) is 1. The summed E-state index contributed by atoms with van der Waals surface area (Å²) in [6, 6.07) is 20.8. The lowest BCUT2D eigenvalue weighted by Crippen LogP contribution is -2.07. The molecule has 34 heavy (non-hydrogen) atoms. The first-order chi connectivity index (χ1) is 16.6. The molecular weight excluding hydrogens is 426 g/mol. The Balaban J connectivity index is 1.27. The van der Waals surface area contributed by atoms with Gasteiger partial charge in [0.25, 0.3) is 0 Å². The van der Waals surface area contributed by atoms with E-state index in [1.807, 2.05) is 24.3 Å². The van der Waals surface area contributed by atoms with Crippen LogP contribution in [0.3, 0.4) is 0 Å². The molecule has 2 heterocycles. The van der Waals surface area contributed by atoms with Crippen molar-refractivity contribution in [2.45, 2.75) is 44.6 Å². The van der Waals surface area contributed by atoms with Crippen molar-refractivity contribution in [3.63, 3.8) is 0 Å². The van der Waals surface area contributed by atoms with Crippen molar-refractivity contribution in [3.8, 4) is 11.4 Å². The molecule has 1 fully saturated rings. The number of benzene rings is 3. The number of carboxylic acids is 1. The highest BCUT2D eigenvalue weighted by atomic mass is 16.5. The van der Waals surface area contributed by atoms with Crippen LogP contribution in [0.2, 0.25) is 0 Å². The molecular formula is C28H27N3O3. The van der Waals surface area contributed by atoms with E-state index in [4.69, 9.17) is 14.8 Å². The predicted octanol–water partition coefficient (Wildman–Crippen LogP) is 5.77. The lowest BCUT2D eigenvalue weighted by molar-refractivity contribution is -0.137. The van der Waals surface area contributed by atoms with Crippen molar-refractivity contribution in [1.82, 2.24) is 9.55 Å². The number of hydrogen-bond acceptors (Lipinski definition) is 4.